The molecule has 0 atom stereocenters. The number of anilines is 1. The Bertz CT molecular complexity index is 830. The fourth-order valence-electron chi connectivity index (χ4n) is 3.10. The molecule has 1 aromatic carbocycles. The predicted molar refractivity (Wildman–Crippen MR) is 91.7 cm³/mol. The molecule has 0 saturated carbocycles. The molecule has 0 amide bonds. The molecule has 7 nitrogen and oxygen atoms in total. The second-order valence-corrected chi connectivity index (χ2v) is 6.85. The third-order valence-electron chi connectivity index (χ3n) is 4.62. The number of hydrogen-bond donors (Lipinski definition) is 1. The highest BCUT2D eigenvalue weighted by atomic mass is 35.5. The summed E-state index contributed by atoms with van der Waals surface area (Å²) in [5.74, 6) is -0.397. The van der Waals surface area contributed by atoms with E-state index in [1.165, 1.54) is 22.9 Å². The molecule has 3 rings (SSSR count). The first-order chi connectivity index (χ1) is 12.6. The quantitative estimate of drug-likeness (QED) is 0.623. The largest absolute Gasteiger partial charge is 0.416 e. The average Bonchev–Trinajstić information content (AvgIpc) is 2.95. The van der Waals surface area contributed by atoms with Gasteiger partial charge in [0.1, 0.15) is 6.20 Å². The summed E-state index contributed by atoms with van der Waals surface area (Å²) in [6.07, 6.45) is -2.55. The Morgan fingerprint density at radius 3 is 2.33 bits per heavy atom. The number of piperidine rings is 1. The van der Waals surface area contributed by atoms with Gasteiger partial charge in [-0.3, -0.25) is 4.57 Å². The highest BCUT2D eigenvalue weighted by Gasteiger charge is 2.35. The number of hydrogen-bond acceptors (Lipinski definition) is 5. The number of nitrogens with zero attached hydrogens (tertiary/aromatic N) is 4. The minimum absolute atomic E-state index is 0.0491. The molecule has 27 heavy (non-hydrogen) atoms. The summed E-state index contributed by atoms with van der Waals surface area (Å²) in [6.45, 7) is 0.903. The summed E-state index contributed by atoms with van der Waals surface area (Å²) in [6, 6.07) is 4.87. The Morgan fingerprint density at radius 2 is 1.85 bits per heavy atom. The van der Waals surface area contributed by atoms with E-state index in [2.05, 4.69) is 4.98 Å². The Morgan fingerprint density at radius 1 is 1.26 bits per heavy atom. The lowest BCUT2D eigenvalue weighted by molar-refractivity contribution is -0.389. The monoisotopic (exact) mass is 404 g/mol. The van der Waals surface area contributed by atoms with Crippen molar-refractivity contribution in [3.05, 3.63) is 51.4 Å². The van der Waals surface area contributed by atoms with Crippen LogP contribution in [0, 0.1) is 10.1 Å². The second kappa shape index (κ2) is 7.01. The number of halogens is 4. The third kappa shape index (κ3) is 4.33. The molecule has 1 aliphatic rings. The first-order valence-corrected chi connectivity index (χ1v) is 8.47. The number of rotatable bonds is 4. The minimum atomic E-state index is -4.38. The van der Waals surface area contributed by atoms with Crippen molar-refractivity contribution in [2.24, 2.45) is 0 Å². The fraction of sp³-hybridized carbons (Fsp3) is 0.438. The second-order valence-electron chi connectivity index (χ2n) is 6.51. The third-order valence-corrected chi connectivity index (χ3v) is 4.92. The molecule has 1 aromatic heterocycles. The molecule has 0 spiro atoms. The van der Waals surface area contributed by atoms with Crippen LogP contribution in [0.5, 0.6) is 0 Å². The summed E-state index contributed by atoms with van der Waals surface area (Å²) < 4.78 is 39.3. The molecule has 0 aliphatic carbocycles. The zero-order valence-corrected chi connectivity index (χ0v) is 14.7. The van der Waals surface area contributed by atoms with E-state index in [1.54, 1.807) is 0 Å². The van der Waals surface area contributed by atoms with Crippen molar-refractivity contribution in [2.75, 3.05) is 18.0 Å². The number of alkyl halides is 3. The van der Waals surface area contributed by atoms with Crippen LogP contribution in [0.25, 0.3) is 0 Å². The number of imidazole rings is 1. The van der Waals surface area contributed by atoms with Crippen molar-refractivity contribution in [1.82, 2.24) is 9.55 Å². The van der Waals surface area contributed by atoms with E-state index < -0.39 is 28.1 Å². The van der Waals surface area contributed by atoms with Crippen LogP contribution in [0.1, 0.15) is 18.4 Å². The molecule has 1 saturated heterocycles. The molecule has 1 N–H and O–H groups in total. The van der Waals surface area contributed by atoms with Crippen molar-refractivity contribution in [3.63, 3.8) is 0 Å². The summed E-state index contributed by atoms with van der Waals surface area (Å²) in [5, 5.41) is 21.4. The van der Waals surface area contributed by atoms with Gasteiger partial charge in [0.2, 0.25) is 0 Å². The minimum Gasteiger partial charge on any atom is -0.388 e. The smallest absolute Gasteiger partial charge is 0.388 e. The summed E-state index contributed by atoms with van der Waals surface area (Å²) in [7, 11) is 0. The molecule has 146 valence electrons. The van der Waals surface area contributed by atoms with Crippen molar-refractivity contribution in [1.29, 1.82) is 0 Å². The fourth-order valence-corrected chi connectivity index (χ4v) is 3.29. The SMILES string of the molecule is O=[N+]([O-])c1cn(CC2(O)CCN(c3ccc(C(F)(F)F)cc3)CC2)c(Cl)n1. The van der Waals surface area contributed by atoms with Gasteiger partial charge in [0.25, 0.3) is 0 Å². The summed E-state index contributed by atoms with van der Waals surface area (Å²) >= 11 is 5.88. The number of benzene rings is 1. The van der Waals surface area contributed by atoms with Gasteiger partial charge in [-0.05, 0) is 58.6 Å². The number of aromatic nitrogens is 2. The van der Waals surface area contributed by atoms with Crippen LogP contribution in [0.15, 0.2) is 30.5 Å². The highest BCUT2D eigenvalue weighted by Crippen LogP contribution is 2.33. The van der Waals surface area contributed by atoms with Crippen LogP contribution >= 0.6 is 11.6 Å². The maximum atomic E-state index is 12.6. The molecule has 11 heteroatoms. The van der Waals surface area contributed by atoms with Crippen molar-refractivity contribution in [2.45, 2.75) is 31.2 Å². The molecule has 0 bridgehead atoms. The molecule has 1 aliphatic heterocycles. The van der Waals surface area contributed by atoms with E-state index in [0.29, 0.717) is 31.6 Å². The van der Waals surface area contributed by atoms with Crippen molar-refractivity contribution < 1.29 is 23.2 Å². The Hall–Kier alpha value is -2.33. The van der Waals surface area contributed by atoms with E-state index in [9.17, 15) is 28.4 Å². The summed E-state index contributed by atoms with van der Waals surface area (Å²) in [4.78, 5) is 15.6. The molecular formula is C16H16ClF3N4O3. The number of nitro groups is 1. The van der Waals surface area contributed by atoms with Crippen LogP contribution in [0.4, 0.5) is 24.7 Å². The Labute approximate surface area is 157 Å². The first kappa shape index (κ1) is 19.4. The zero-order chi connectivity index (χ0) is 19.8. The van der Waals surface area contributed by atoms with Gasteiger partial charge in [-0.25, -0.2) is 0 Å². The lowest BCUT2D eigenvalue weighted by atomic mass is 9.91. The lowest BCUT2D eigenvalue weighted by Crippen LogP contribution is -2.46. The van der Waals surface area contributed by atoms with Crippen LogP contribution in [-0.2, 0) is 12.7 Å². The molecule has 1 fully saturated rings. The van der Waals surface area contributed by atoms with Gasteiger partial charge >= 0.3 is 17.3 Å². The van der Waals surface area contributed by atoms with E-state index >= 15 is 0 Å². The van der Waals surface area contributed by atoms with Gasteiger partial charge in [0, 0.05) is 18.8 Å². The van der Waals surface area contributed by atoms with Crippen molar-refractivity contribution in [3.8, 4) is 0 Å². The average molecular weight is 405 g/mol. The predicted octanol–water partition coefficient (Wildman–Crippen LogP) is 3.50. The van der Waals surface area contributed by atoms with Crippen LogP contribution in [-0.4, -0.2) is 38.3 Å². The maximum Gasteiger partial charge on any atom is 0.416 e. The Kier molecular flexibility index (Phi) is 5.04. The lowest BCUT2D eigenvalue weighted by Gasteiger charge is -2.39. The summed E-state index contributed by atoms with van der Waals surface area (Å²) in [5.41, 5.74) is -1.21. The standard InChI is InChI=1S/C16H16ClF3N4O3/c17-14-21-13(24(26)27)9-23(14)10-15(25)5-7-22(8-6-15)12-3-1-11(2-4-12)16(18,19)20/h1-4,9,25H,5-8,10H2. The molecular weight excluding hydrogens is 389 g/mol. The molecule has 0 radical (unpaired) electrons. The number of aliphatic hydroxyl groups is 1. The van der Waals surface area contributed by atoms with Crippen LogP contribution < -0.4 is 4.90 Å². The van der Waals surface area contributed by atoms with Crippen LogP contribution in [0.3, 0.4) is 0 Å². The topological polar surface area (TPSA) is 84.4 Å². The van der Waals surface area contributed by atoms with Crippen molar-refractivity contribution >= 4 is 23.1 Å². The van der Waals surface area contributed by atoms with E-state index in [1.807, 2.05) is 4.90 Å². The Balaban J connectivity index is 1.65. The van der Waals surface area contributed by atoms with E-state index in [0.717, 1.165) is 12.1 Å². The van der Waals surface area contributed by atoms with Gasteiger partial charge in [-0.2, -0.15) is 13.2 Å². The van der Waals surface area contributed by atoms with E-state index in [-0.39, 0.29) is 11.8 Å². The van der Waals surface area contributed by atoms with Gasteiger partial charge in [0.15, 0.2) is 0 Å². The van der Waals surface area contributed by atoms with Gasteiger partial charge in [-0.1, -0.05) is 0 Å². The van der Waals surface area contributed by atoms with Gasteiger partial charge in [0.05, 0.1) is 17.7 Å². The van der Waals surface area contributed by atoms with Crippen LogP contribution in [0.2, 0.25) is 5.28 Å². The van der Waals surface area contributed by atoms with Gasteiger partial charge in [-0.15, -0.1) is 0 Å². The zero-order valence-electron chi connectivity index (χ0n) is 14.0. The first-order valence-electron chi connectivity index (χ1n) is 8.09. The molecule has 2 heterocycles. The molecule has 2 aromatic rings. The van der Waals surface area contributed by atoms with E-state index in [4.69, 9.17) is 11.6 Å². The maximum absolute atomic E-state index is 12.6. The molecule has 0 unspecified atom stereocenters. The normalized spacial score (nSPS) is 17.1. The highest BCUT2D eigenvalue weighted by molar-refractivity contribution is 6.28. The van der Waals surface area contributed by atoms with Gasteiger partial charge < -0.3 is 20.1 Å².